The van der Waals surface area contributed by atoms with Crippen molar-refractivity contribution < 1.29 is 17.0 Å². The summed E-state index contributed by atoms with van der Waals surface area (Å²) in [7, 11) is -3.40. The standard InChI is InChI=1S/C12H15FN2O3S/c1-9-14-11-8-10(13)4-5-12(11)15(9)6-3-7-18-19(2,16)17/h4-5,8H,3,6-7H2,1-2H3. The molecule has 0 atom stereocenters. The third-order valence-corrected chi connectivity index (χ3v) is 3.32. The lowest BCUT2D eigenvalue weighted by molar-refractivity contribution is 0.307. The first-order valence-corrected chi connectivity index (χ1v) is 7.65. The van der Waals surface area contributed by atoms with Gasteiger partial charge in [-0.2, -0.15) is 8.42 Å². The van der Waals surface area contributed by atoms with Gasteiger partial charge >= 0.3 is 0 Å². The Labute approximate surface area is 111 Å². The van der Waals surface area contributed by atoms with Crippen LogP contribution < -0.4 is 0 Å². The van der Waals surface area contributed by atoms with E-state index >= 15 is 0 Å². The summed E-state index contributed by atoms with van der Waals surface area (Å²) in [5.41, 5.74) is 1.43. The summed E-state index contributed by atoms with van der Waals surface area (Å²) in [6, 6.07) is 4.43. The molecule has 2 aromatic rings. The first-order valence-electron chi connectivity index (χ1n) is 5.83. The van der Waals surface area contributed by atoms with Crippen LogP contribution in [0.2, 0.25) is 0 Å². The Hall–Kier alpha value is -1.47. The SMILES string of the molecule is Cc1nc2cc(F)ccc2n1CCCOS(C)(=O)=O. The van der Waals surface area contributed by atoms with Gasteiger partial charge in [0.2, 0.25) is 0 Å². The van der Waals surface area contributed by atoms with Crippen molar-refractivity contribution in [1.29, 1.82) is 0 Å². The summed E-state index contributed by atoms with van der Waals surface area (Å²) < 4.78 is 41.3. The van der Waals surface area contributed by atoms with Gasteiger partial charge in [0, 0.05) is 12.6 Å². The summed E-state index contributed by atoms with van der Waals surface area (Å²) >= 11 is 0. The van der Waals surface area contributed by atoms with Gasteiger partial charge < -0.3 is 4.57 Å². The number of benzene rings is 1. The van der Waals surface area contributed by atoms with E-state index in [1.54, 1.807) is 6.07 Å². The fourth-order valence-corrected chi connectivity index (χ4v) is 2.36. The molecule has 1 aromatic heterocycles. The number of imidazole rings is 1. The maximum Gasteiger partial charge on any atom is 0.264 e. The largest absolute Gasteiger partial charge is 0.328 e. The topological polar surface area (TPSA) is 61.2 Å². The van der Waals surface area contributed by atoms with Gasteiger partial charge in [-0.25, -0.2) is 9.37 Å². The predicted octanol–water partition coefficient (Wildman–Crippen LogP) is 1.85. The Balaban J connectivity index is 2.10. The second kappa shape index (κ2) is 5.26. The van der Waals surface area contributed by atoms with E-state index in [4.69, 9.17) is 0 Å². The summed E-state index contributed by atoms with van der Waals surface area (Å²) in [5, 5.41) is 0. The van der Waals surface area contributed by atoms with Gasteiger partial charge in [0.25, 0.3) is 10.1 Å². The highest BCUT2D eigenvalue weighted by Crippen LogP contribution is 2.17. The zero-order chi connectivity index (χ0) is 14.0. The molecule has 5 nitrogen and oxygen atoms in total. The van der Waals surface area contributed by atoms with E-state index in [1.807, 2.05) is 11.5 Å². The molecule has 0 N–H and O–H groups in total. The third kappa shape index (κ3) is 3.51. The molecule has 0 unspecified atom stereocenters. The molecule has 19 heavy (non-hydrogen) atoms. The minimum atomic E-state index is -3.40. The number of hydrogen-bond donors (Lipinski definition) is 0. The van der Waals surface area contributed by atoms with Gasteiger partial charge in [-0.3, -0.25) is 4.18 Å². The normalized spacial score (nSPS) is 12.2. The van der Waals surface area contributed by atoms with Gasteiger partial charge in [0.1, 0.15) is 11.6 Å². The van der Waals surface area contributed by atoms with Crippen molar-refractivity contribution in [3.05, 3.63) is 29.8 Å². The molecule has 0 saturated carbocycles. The first kappa shape index (κ1) is 14.0. The number of nitrogens with zero attached hydrogens (tertiary/aromatic N) is 2. The Morgan fingerprint density at radius 1 is 1.42 bits per heavy atom. The van der Waals surface area contributed by atoms with Crippen molar-refractivity contribution in [2.75, 3.05) is 12.9 Å². The van der Waals surface area contributed by atoms with Crippen molar-refractivity contribution in [2.24, 2.45) is 0 Å². The maximum absolute atomic E-state index is 13.1. The maximum atomic E-state index is 13.1. The van der Waals surface area contributed by atoms with Crippen LogP contribution in [-0.2, 0) is 20.8 Å². The van der Waals surface area contributed by atoms with Crippen LogP contribution in [0.1, 0.15) is 12.2 Å². The van der Waals surface area contributed by atoms with E-state index in [9.17, 15) is 12.8 Å². The average Bonchev–Trinajstić information content (AvgIpc) is 2.58. The number of rotatable bonds is 5. The van der Waals surface area contributed by atoms with E-state index in [0.29, 0.717) is 18.5 Å². The molecule has 0 spiro atoms. The van der Waals surface area contributed by atoms with Crippen molar-refractivity contribution in [3.63, 3.8) is 0 Å². The van der Waals surface area contributed by atoms with Crippen molar-refractivity contribution >= 4 is 21.2 Å². The van der Waals surface area contributed by atoms with Crippen molar-refractivity contribution in [3.8, 4) is 0 Å². The lowest BCUT2D eigenvalue weighted by atomic mass is 10.3. The second-order valence-corrected chi connectivity index (χ2v) is 5.97. The summed E-state index contributed by atoms with van der Waals surface area (Å²) in [6.45, 7) is 2.53. The van der Waals surface area contributed by atoms with Crippen LogP contribution >= 0.6 is 0 Å². The van der Waals surface area contributed by atoms with E-state index in [-0.39, 0.29) is 12.4 Å². The molecule has 2 rings (SSSR count). The average molecular weight is 286 g/mol. The number of hydrogen-bond acceptors (Lipinski definition) is 4. The lowest BCUT2D eigenvalue weighted by Crippen LogP contribution is -2.08. The molecule has 0 amide bonds. The minimum Gasteiger partial charge on any atom is -0.328 e. The number of fused-ring (bicyclic) bond motifs is 1. The molecule has 0 aliphatic heterocycles. The molecular weight excluding hydrogens is 271 g/mol. The zero-order valence-electron chi connectivity index (χ0n) is 10.8. The van der Waals surface area contributed by atoms with Crippen LogP contribution in [-0.4, -0.2) is 30.8 Å². The molecule has 1 aromatic carbocycles. The van der Waals surface area contributed by atoms with Gasteiger partial charge in [0.15, 0.2) is 0 Å². The number of aromatic nitrogens is 2. The van der Waals surface area contributed by atoms with Crippen molar-refractivity contribution in [1.82, 2.24) is 9.55 Å². The predicted molar refractivity (Wildman–Crippen MR) is 69.8 cm³/mol. The molecule has 0 saturated heterocycles. The van der Waals surface area contributed by atoms with Crippen LogP contribution in [0, 0.1) is 12.7 Å². The summed E-state index contributed by atoms with van der Waals surface area (Å²) in [4.78, 5) is 4.27. The zero-order valence-corrected chi connectivity index (χ0v) is 11.6. The highest BCUT2D eigenvalue weighted by molar-refractivity contribution is 7.85. The quantitative estimate of drug-likeness (QED) is 0.621. The van der Waals surface area contributed by atoms with Crippen LogP contribution in [0.4, 0.5) is 4.39 Å². The van der Waals surface area contributed by atoms with E-state index in [1.165, 1.54) is 12.1 Å². The molecule has 7 heteroatoms. The molecular formula is C12H15FN2O3S. The van der Waals surface area contributed by atoms with Crippen LogP contribution in [0.15, 0.2) is 18.2 Å². The van der Waals surface area contributed by atoms with Crippen molar-refractivity contribution in [2.45, 2.75) is 19.9 Å². The molecule has 1 heterocycles. The van der Waals surface area contributed by atoms with E-state index in [2.05, 4.69) is 9.17 Å². The van der Waals surface area contributed by atoms with Gasteiger partial charge in [-0.1, -0.05) is 0 Å². The molecule has 0 fully saturated rings. The van der Waals surface area contributed by atoms with Gasteiger partial charge in [-0.05, 0) is 25.5 Å². The molecule has 0 bridgehead atoms. The minimum absolute atomic E-state index is 0.124. The van der Waals surface area contributed by atoms with Crippen LogP contribution in [0.3, 0.4) is 0 Å². The van der Waals surface area contributed by atoms with Gasteiger partial charge in [0.05, 0.1) is 23.9 Å². The highest BCUT2D eigenvalue weighted by atomic mass is 32.2. The fourth-order valence-electron chi connectivity index (χ4n) is 1.94. The molecule has 0 aliphatic carbocycles. The summed E-state index contributed by atoms with van der Waals surface area (Å²) in [6.07, 6.45) is 1.56. The Morgan fingerprint density at radius 2 is 2.16 bits per heavy atom. The van der Waals surface area contributed by atoms with E-state index in [0.717, 1.165) is 17.6 Å². The number of aryl methyl sites for hydroxylation is 2. The van der Waals surface area contributed by atoms with E-state index < -0.39 is 10.1 Å². The monoisotopic (exact) mass is 286 g/mol. The molecule has 0 radical (unpaired) electrons. The Bertz CT molecular complexity index is 694. The molecule has 0 aliphatic rings. The molecule has 104 valence electrons. The van der Waals surface area contributed by atoms with Crippen LogP contribution in [0.25, 0.3) is 11.0 Å². The van der Waals surface area contributed by atoms with Gasteiger partial charge in [-0.15, -0.1) is 0 Å². The Morgan fingerprint density at radius 3 is 2.84 bits per heavy atom. The number of halogens is 1. The second-order valence-electron chi connectivity index (χ2n) is 4.32. The summed E-state index contributed by atoms with van der Waals surface area (Å²) in [5.74, 6) is 0.442. The smallest absolute Gasteiger partial charge is 0.264 e. The third-order valence-electron chi connectivity index (χ3n) is 2.72. The Kier molecular flexibility index (Phi) is 3.86. The highest BCUT2D eigenvalue weighted by Gasteiger charge is 2.08. The van der Waals surface area contributed by atoms with Crippen LogP contribution in [0.5, 0.6) is 0 Å². The fraction of sp³-hybridized carbons (Fsp3) is 0.417. The first-order chi connectivity index (χ1) is 8.87. The lowest BCUT2D eigenvalue weighted by Gasteiger charge is -2.06.